The van der Waals surface area contributed by atoms with E-state index in [0.29, 0.717) is 12.2 Å². The molecule has 98 valence electrons. The van der Waals surface area contributed by atoms with Gasteiger partial charge in [-0.2, -0.15) is 0 Å². The third-order valence-corrected chi connectivity index (χ3v) is 2.79. The largest absolute Gasteiger partial charge is 0.381 e. The van der Waals surface area contributed by atoms with Gasteiger partial charge in [-0.3, -0.25) is 0 Å². The minimum absolute atomic E-state index is 0.574. The number of urea groups is 1. The Morgan fingerprint density at radius 1 is 1.11 bits per heavy atom. The fraction of sp³-hybridized carbons (Fsp3) is 0.0714. The topological polar surface area (TPSA) is 67.2 Å². The first-order valence-corrected chi connectivity index (χ1v) is 6.16. The number of hydrogen-bond acceptors (Lipinski definition) is 2. The molecule has 2 aromatic rings. The van der Waals surface area contributed by atoms with Crippen LogP contribution in [0.3, 0.4) is 0 Å². The van der Waals surface area contributed by atoms with E-state index in [1.165, 1.54) is 0 Å². The number of rotatable bonds is 4. The summed E-state index contributed by atoms with van der Waals surface area (Å²) in [6.45, 7) is 0.678. The number of benzene rings is 2. The molecule has 0 radical (unpaired) electrons. The molecular weight excluding hydrogens is 262 g/mol. The Kier molecular flexibility index (Phi) is 4.26. The van der Waals surface area contributed by atoms with Crippen LogP contribution in [0.25, 0.3) is 0 Å². The molecule has 0 spiro atoms. The molecule has 2 aromatic carbocycles. The Labute approximate surface area is 116 Å². The zero-order valence-corrected chi connectivity index (χ0v) is 10.9. The van der Waals surface area contributed by atoms with Crippen LogP contribution in [0.1, 0.15) is 5.56 Å². The summed E-state index contributed by atoms with van der Waals surface area (Å²) in [5, 5.41) is 6.51. The van der Waals surface area contributed by atoms with Crippen molar-refractivity contribution in [1.82, 2.24) is 0 Å². The average Bonchev–Trinajstić information content (AvgIpc) is 2.38. The van der Waals surface area contributed by atoms with E-state index < -0.39 is 6.03 Å². The summed E-state index contributed by atoms with van der Waals surface area (Å²) < 4.78 is 0. The molecule has 5 heteroatoms. The summed E-state index contributed by atoms with van der Waals surface area (Å²) in [4.78, 5) is 10.8. The van der Waals surface area contributed by atoms with Gasteiger partial charge in [-0.15, -0.1) is 0 Å². The number of nitrogens with two attached hydrogens (primary N) is 1. The number of halogens is 1. The van der Waals surface area contributed by atoms with Gasteiger partial charge >= 0.3 is 6.03 Å². The molecule has 0 saturated carbocycles. The van der Waals surface area contributed by atoms with Gasteiger partial charge in [0.2, 0.25) is 0 Å². The Hall–Kier alpha value is -2.20. The van der Waals surface area contributed by atoms with Crippen LogP contribution < -0.4 is 16.4 Å². The molecular formula is C14H14ClN3O. The SMILES string of the molecule is NC(=O)Nc1cccc(NCc2ccc(Cl)cc2)c1. The van der Waals surface area contributed by atoms with Crippen LogP contribution >= 0.6 is 11.6 Å². The molecule has 4 N–H and O–H groups in total. The number of carbonyl (C=O) groups excluding carboxylic acids is 1. The van der Waals surface area contributed by atoms with Crippen LogP contribution in [0.2, 0.25) is 5.02 Å². The van der Waals surface area contributed by atoms with Gasteiger partial charge in [-0.05, 0) is 35.9 Å². The lowest BCUT2D eigenvalue weighted by molar-refractivity contribution is 0.259. The molecule has 0 aliphatic rings. The summed E-state index contributed by atoms with van der Waals surface area (Å²) in [6, 6.07) is 14.4. The second kappa shape index (κ2) is 6.11. The lowest BCUT2D eigenvalue weighted by Crippen LogP contribution is -2.19. The van der Waals surface area contributed by atoms with Crippen molar-refractivity contribution in [3.05, 3.63) is 59.1 Å². The van der Waals surface area contributed by atoms with Gasteiger partial charge < -0.3 is 16.4 Å². The normalized spacial score (nSPS) is 9.95. The van der Waals surface area contributed by atoms with Crippen molar-refractivity contribution in [1.29, 1.82) is 0 Å². The van der Waals surface area contributed by atoms with Gasteiger partial charge in [0.05, 0.1) is 0 Å². The lowest BCUT2D eigenvalue weighted by atomic mass is 10.2. The second-order valence-electron chi connectivity index (χ2n) is 4.05. The van der Waals surface area contributed by atoms with Gasteiger partial charge in [0.15, 0.2) is 0 Å². The van der Waals surface area contributed by atoms with Crippen LogP contribution in [-0.2, 0) is 6.54 Å². The van der Waals surface area contributed by atoms with Crippen molar-refractivity contribution < 1.29 is 4.79 Å². The molecule has 4 nitrogen and oxygen atoms in total. The molecule has 19 heavy (non-hydrogen) atoms. The molecule has 0 atom stereocenters. The van der Waals surface area contributed by atoms with Crippen molar-refractivity contribution in [2.75, 3.05) is 10.6 Å². The predicted octanol–water partition coefficient (Wildman–Crippen LogP) is 3.44. The monoisotopic (exact) mass is 275 g/mol. The maximum Gasteiger partial charge on any atom is 0.316 e. The zero-order valence-electron chi connectivity index (χ0n) is 10.2. The fourth-order valence-electron chi connectivity index (χ4n) is 1.66. The Balaban J connectivity index is 1.99. The number of amides is 2. The molecule has 0 bridgehead atoms. The van der Waals surface area contributed by atoms with Crippen LogP contribution in [0.15, 0.2) is 48.5 Å². The highest BCUT2D eigenvalue weighted by Crippen LogP contribution is 2.16. The van der Waals surface area contributed by atoms with Crippen LogP contribution in [0.5, 0.6) is 0 Å². The zero-order chi connectivity index (χ0) is 13.7. The van der Waals surface area contributed by atoms with E-state index in [2.05, 4.69) is 10.6 Å². The van der Waals surface area contributed by atoms with Crippen molar-refractivity contribution in [3.8, 4) is 0 Å². The first kappa shape index (κ1) is 13.2. The van der Waals surface area contributed by atoms with E-state index in [-0.39, 0.29) is 0 Å². The lowest BCUT2D eigenvalue weighted by Gasteiger charge is -2.08. The minimum atomic E-state index is -0.574. The highest BCUT2D eigenvalue weighted by molar-refractivity contribution is 6.30. The summed E-state index contributed by atoms with van der Waals surface area (Å²) >= 11 is 5.83. The first-order chi connectivity index (χ1) is 9.13. The maximum absolute atomic E-state index is 10.8. The quantitative estimate of drug-likeness (QED) is 0.800. The Morgan fingerprint density at radius 2 is 1.79 bits per heavy atom. The molecule has 0 aliphatic heterocycles. The third-order valence-electron chi connectivity index (χ3n) is 2.54. The highest BCUT2D eigenvalue weighted by atomic mass is 35.5. The molecule has 0 heterocycles. The third kappa shape index (κ3) is 4.19. The molecule has 0 aliphatic carbocycles. The number of primary amides is 1. The molecule has 0 unspecified atom stereocenters. The van der Waals surface area contributed by atoms with Gasteiger partial charge in [0, 0.05) is 22.9 Å². The fourth-order valence-corrected chi connectivity index (χ4v) is 1.78. The number of carbonyl (C=O) groups is 1. The van der Waals surface area contributed by atoms with Crippen LogP contribution in [0.4, 0.5) is 16.2 Å². The van der Waals surface area contributed by atoms with E-state index in [1.54, 1.807) is 6.07 Å². The average molecular weight is 276 g/mol. The van der Waals surface area contributed by atoms with Crippen molar-refractivity contribution in [2.24, 2.45) is 5.73 Å². The Bertz CT molecular complexity index is 569. The summed E-state index contributed by atoms with van der Waals surface area (Å²) in [5.41, 5.74) is 7.76. The van der Waals surface area contributed by atoms with E-state index in [4.69, 9.17) is 17.3 Å². The second-order valence-corrected chi connectivity index (χ2v) is 4.49. The minimum Gasteiger partial charge on any atom is -0.381 e. The van der Waals surface area contributed by atoms with Crippen LogP contribution in [-0.4, -0.2) is 6.03 Å². The summed E-state index contributed by atoms with van der Waals surface area (Å²) in [5.74, 6) is 0. The summed E-state index contributed by atoms with van der Waals surface area (Å²) in [7, 11) is 0. The molecule has 2 amide bonds. The van der Waals surface area contributed by atoms with Crippen molar-refractivity contribution >= 4 is 29.0 Å². The van der Waals surface area contributed by atoms with Gasteiger partial charge in [0.25, 0.3) is 0 Å². The van der Waals surface area contributed by atoms with E-state index >= 15 is 0 Å². The van der Waals surface area contributed by atoms with E-state index in [1.807, 2.05) is 42.5 Å². The molecule has 0 fully saturated rings. The highest BCUT2D eigenvalue weighted by Gasteiger charge is 1.98. The van der Waals surface area contributed by atoms with E-state index in [0.717, 1.165) is 16.3 Å². The molecule has 0 saturated heterocycles. The standard InChI is InChI=1S/C14H14ClN3O/c15-11-6-4-10(5-7-11)9-17-12-2-1-3-13(8-12)18-14(16)19/h1-8,17H,9H2,(H3,16,18,19). The van der Waals surface area contributed by atoms with Gasteiger partial charge in [-0.1, -0.05) is 29.8 Å². The molecule has 0 aromatic heterocycles. The van der Waals surface area contributed by atoms with Gasteiger partial charge in [0.1, 0.15) is 0 Å². The van der Waals surface area contributed by atoms with Gasteiger partial charge in [-0.25, -0.2) is 4.79 Å². The van der Waals surface area contributed by atoms with Crippen molar-refractivity contribution in [2.45, 2.75) is 6.54 Å². The predicted molar refractivity (Wildman–Crippen MR) is 78.4 cm³/mol. The first-order valence-electron chi connectivity index (χ1n) is 5.78. The maximum atomic E-state index is 10.8. The van der Waals surface area contributed by atoms with Crippen LogP contribution in [0, 0.1) is 0 Å². The Morgan fingerprint density at radius 3 is 2.47 bits per heavy atom. The van der Waals surface area contributed by atoms with Crippen molar-refractivity contribution in [3.63, 3.8) is 0 Å². The molecule has 2 rings (SSSR count). The number of anilines is 2. The van der Waals surface area contributed by atoms with E-state index in [9.17, 15) is 4.79 Å². The summed E-state index contributed by atoms with van der Waals surface area (Å²) in [6.07, 6.45) is 0. The smallest absolute Gasteiger partial charge is 0.316 e. The number of nitrogens with one attached hydrogen (secondary N) is 2. The number of hydrogen-bond donors (Lipinski definition) is 3.